The minimum absolute atomic E-state index is 0.0527. The molecule has 0 aliphatic heterocycles. The third-order valence-electron chi connectivity index (χ3n) is 5.91. The van der Waals surface area contributed by atoms with E-state index in [4.69, 9.17) is 0 Å². The molecule has 0 saturated heterocycles. The van der Waals surface area contributed by atoms with Crippen molar-refractivity contribution in [2.45, 2.75) is 45.6 Å². The van der Waals surface area contributed by atoms with E-state index in [1.165, 1.54) is 25.7 Å². The van der Waals surface area contributed by atoms with Crippen LogP contribution in [-0.2, 0) is 0 Å². The first kappa shape index (κ1) is 15.4. The molecule has 1 amide bonds. The average molecular weight is 323 g/mol. The Morgan fingerprint density at radius 1 is 1.25 bits per heavy atom. The molecule has 24 heavy (non-hydrogen) atoms. The molecular weight excluding hydrogens is 298 g/mol. The van der Waals surface area contributed by atoms with Crippen LogP contribution in [0.2, 0.25) is 0 Å². The van der Waals surface area contributed by atoms with E-state index in [-0.39, 0.29) is 11.9 Å². The number of para-hydroxylation sites is 1. The summed E-state index contributed by atoms with van der Waals surface area (Å²) in [6, 6.07) is 12.0. The number of fused-ring (bicyclic) bond motifs is 2. The van der Waals surface area contributed by atoms with E-state index in [9.17, 15) is 4.79 Å². The molecule has 2 aliphatic carbocycles. The summed E-state index contributed by atoms with van der Waals surface area (Å²) < 4.78 is 1.83. The number of nitrogens with one attached hydrogen (secondary N) is 1. The van der Waals surface area contributed by atoms with Gasteiger partial charge in [-0.3, -0.25) is 4.79 Å². The van der Waals surface area contributed by atoms with Gasteiger partial charge in [-0.15, -0.1) is 0 Å². The van der Waals surface area contributed by atoms with Crippen molar-refractivity contribution in [1.82, 2.24) is 15.1 Å². The summed E-state index contributed by atoms with van der Waals surface area (Å²) >= 11 is 0. The van der Waals surface area contributed by atoms with Crippen LogP contribution < -0.4 is 5.32 Å². The van der Waals surface area contributed by atoms with Gasteiger partial charge < -0.3 is 5.32 Å². The van der Waals surface area contributed by atoms with Crippen molar-refractivity contribution < 1.29 is 4.79 Å². The maximum atomic E-state index is 12.6. The van der Waals surface area contributed by atoms with E-state index in [2.05, 4.69) is 17.3 Å². The Labute approximate surface area is 143 Å². The standard InChI is InChI=1S/C20H25N3O/c1-13-10-19(22-23(13)17-6-4-3-5-7-17)20(24)21-14(2)18-12-15-8-9-16(18)11-15/h3-7,10,14-16,18H,8-9,11-12H2,1-2H3,(H,21,24)/t14-,15-,16-,18-/m0/s1. The van der Waals surface area contributed by atoms with Crippen LogP contribution in [-0.4, -0.2) is 21.7 Å². The second-order valence-corrected chi connectivity index (χ2v) is 7.52. The lowest BCUT2D eigenvalue weighted by atomic mass is 9.84. The smallest absolute Gasteiger partial charge is 0.272 e. The molecule has 1 heterocycles. The SMILES string of the molecule is Cc1cc(C(=O)N[C@@H](C)[C@@H]2C[C@H]3CC[C@H]2C3)nn1-c1ccccc1. The van der Waals surface area contributed by atoms with Crippen LogP contribution in [0.25, 0.3) is 5.69 Å². The molecule has 2 bridgehead atoms. The number of benzene rings is 1. The molecule has 4 heteroatoms. The fourth-order valence-corrected chi connectivity index (χ4v) is 4.71. The number of nitrogens with zero attached hydrogens (tertiary/aromatic N) is 2. The topological polar surface area (TPSA) is 46.9 Å². The van der Waals surface area contributed by atoms with Gasteiger partial charge in [-0.05, 0) is 69.1 Å². The van der Waals surface area contributed by atoms with Crippen LogP contribution in [0.3, 0.4) is 0 Å². The number of aromatic nitrogens is 2. The summed E-state index contributed by atoms with van der Waals surface area (Å²) in [5, 5.41) is 7.71. The number of aryl methyl sites for hydroxylation is 1. The molecule has 0 spiro atoms. The van der Waals surface area contributed by atoms with Crippen LogP contribution in [0.4, 0.5) is 0 Å². The van der Waals surface area contributed by atoms with Gasteiger partial charge in [-0.25, -0.2) is 4.68 Å². The quantitative estimate of drug-likeness (QED) is 0.932. The highest BCUT2D eigenvalue weighted by Crippen LogP contribution is 2.49. The second-order valence-electron chi connectivity index (χ2n) is 7.52. The Morgan fingerprint density at radius 2 is 2.04 bits per heavy atom. The van der Waals surface area contributed by atoms with Gasteiger partial charge in [0.1, 0.15) is 0 Å². The molecule has 2 aliphatic rings. The summed E-state index contributed by atoms with van der Waals surface area (Å²) in [6.07, 6.45) is 5.38. The minimum atomic E-state index is -0.0527. The third kappa shape index (κ3) is 2.74. The van der Waals surface area contributed by atoms with Gasteiger partial charge in [0.25, 0.3) is 5.91 Å². The van der Waals surface area contributed by atoms with Crippen molar-refractivity contribution in [2.24, 2.45) is 17.8 Å². The molecule has 2 fully saturated rings. The molecule has 0 unspecified atom stereocenters. The minimum Gasteiger partial charge on any atom is -0.348 e. The molecule has 1 aromatic heterocycles. The first-order valence-corrected chi connectivity index (χ1v) is 9.05. The van der Waals surface area contributed by atoms with E-state index in [0.29, 0.717) is 11.6 Å². The lowest BCUT2D eigenvalue weighted by Gasteiger charge is -2.28. The zero-order valence-electron chi connectivity index (χ0n) is 14.4. The molecule has 2 saturated carbocycles. The molecule has 2 aromatic rings. The summed E-state index contributed by atoms with van der Waals surface area (Å²) in [4.78, 5) is 12.6. The number of hydrogen-bond acceptors (Lipinski definition) is 2. The predicted octanol–water partition coefficient (Wildman–Crippen LogP) is 3.74. The first-order valence-electron chi connectivity index (χ1n) is 9.05. The lowest BCUT2D eigenvalue weighted by molar-refractivity contribution is 0.0910. The van der Waals surface area contributed by atoms with Crippen LogP contribution in [0, 0.1) is 24.7 Å². The maximum Gasteiger partial charge on any atom is 0.272 e. The van der Waals surface area contributed by atoms with E-state index >= 15 is 0 Å². The van der Waals surface area contributed by atoms with Crippen molar-refractivity contribution in [2.75, 3.05) is 0 Å². The van der Waals surface area contributed by atoms with Gasteiger partial charge in [-0.2, -0.15) is 5.10 Å². The van der Waals surface area contributed by atoms with E-state index in [0.717, 1.165) is 23.2 Å². The number of rotatable bonds is 4. The number of amides is 1. The Morgan fingerprint density at radius 3 is 2.71 bits per heavy atom. The highest BCUT2D eigenvalue weighted by molar-refractivity contribution is 5.92. The Hall–Kier alpha value is -2.10. The van der Waals surface area contributed by atoms with Gasteiger partial charge in [0.15, 0.2) is 5.69 Å². The molecular formula is C20H25N3O. The normalized spacial score (nSPS) is 26.5. The van der Waals surface area contributed by atoms with Gasteiger partial charge in [0.05, 0.1) is 5.69 Å². The summed E-state index contributed by atoms with van der Waals surface area (Å²) in [5.74, 6) is 2.31. The zero-order chi connectivity index (χ0) is 16.7. The fraction of sp³-hybridized carbons (Fsp3) is 0.500. The Balaban J connectivity index is 1.47. The van der Waals surface area contributed by atoms with Crippen LogP contribution in [0.15, 0.2) is 36.4 Å². The van der Waals surface area contributed by atoms with Crippen molar-refractivity contribution in [3.8, 4) is 5.69 Å². The highest BCUT2D eigenvalue weighted by atomic mass is 16.2. The van der Waals surface area contributed by atoms with Gasteiger partial charge in [-0.1, -0.05) is 24.6 Å². The van der Waals surface area contributed by atoms with Gasteiger partial charge >= 0.3 is 0 Å². The molecule has 4 nitrogen and oxygen atoms in total. The predicted molar refractivity (Wildman–Crippen MR) is 94.2 cm³/mol. The molecule has 0 radical (unpaired) electrons. The Kier molecular flexibility index (Phi) is 3.91. The third-order valence-corrected chi connectivity index (χ3v) is 5.91. The summed E-state index contributed by atoms with van der Waals surface area (Å²) in [6.45, 7) is 4.14. The van der Waals surface area contributed by atoms with E-state index < -0.39 is 0 Å². The van der Waals surface area contributed by atoms with E-state index in [1.807, 2.05) is 48.0 Å². The maximum absolute atomic E-state index is 12.6. The monoisotopic (exact) mass is 323 g/mol. The molecule has 4 atom stereocenters. The van der Waals surface area contributed by atoms with Gasteiger partial charge in [0.2, 0.25) is 0 Å². The highest BCUT2D eigenvalue weighted by Gasteiger charge is 2.42. The van der Waals surface area contributed by atoms with Crippen molar-refractivity contribution >= 4 is 5.91 Å². The fourth-order valence-electron chi connectivity index (χ4n) is 4.71. The number of carbonyl (C=O) groups is 1. The average Bonchev–Trinajstić information content (AvgIpc) is 3.30. The summed E-state index contributed by atoms with van der Waals surface area (Å²) in [7, 11) is 0. The van der Waals surface area contributed by atoms with Crippen molar-refractivity contribution in [3.05, 3.63) is 47.8 Å². The zero-order valence-corrected chi connectivity index (χ0v) is 14.4. The summed E-state index contributed by atoms with van der Waals surface area (Å²) in [5.41, 5.74) is 2.46. The van der Waals surface area contributed by atoms with Crippen LogP contribution in [0.1, 0.15) is 48.8 Å². The Bertz CT molecular complexity index is 737. The molecule has 1 aromatic carbocycles. The first-order chi connectivity index (χ1) is 11.6. The molecule has 1 N–H and O–H groups in total. The molecule has 4 rings (SSSR count). The number of carbonyl (C=O) groups excluding carboxylic acids is 1. The van der Waals surface area contributed by atoms with Crippen LogP contribution in [0.5, 0.6) is 0 Å². The lowest BCUT2D eigenvalue weighted by Crippen LogP contribution is -2.40. The van der Waals surface area contributed by atoms with E-state index in [1.54, 1.807) is 0 Å². The van der Waals surface area contributed by atoms with Gasteiger partial charge in [0, 0.05) is 11.7 Å². The van der Waals surface area contributed by atoms with Crippen LogP contribution >= 0.6 is 0 Å². The van der Waals surface area contributed by atoms with Crippen molar-refractivity contribution in [1.29, 1.82) is 0 Å². The number of hydrogen-bond donors (Lipinski definition) is 1. The molecule has 126 valence electrons. The largest absolute Gasteiger partial charge is 0.348 e. The second kappa shape index (κ2) is 6.08. The van der Waals surface area contributed by atoms with Crippen molar-refractivity contribution in [3.63, 3.8) is 0 Å².